The Labute approximate surface area is 131 Å². The van der Waals surface area contributed by atoms with Crippen LogP contribution in [0.1, 0.15) is 25.5 Å². The first-order chi connectivity index (χ1) is 9.93. The van der Waals surface area contributed by atoms with E-state index in [4.69, 9.17) is 11.6 Å². The predicted molar refractivity (Wildman–Crippen MR) is 86.7 cm³/mol. The van der Waals surface area contributed by atoms with E-state index in [1.807, 2.05) is 24.1 Å². The van der Waals surface area contributed by atoms with Gasteiger partial charge >= 0.3 is 0 Å². The highest BCUT2D eigenvalue weighted by molar-refractivity contribution is 7.91. The average Bonchev–Trinajstić information content (AvgIpc) is 2.80. The SMILES string of the molecule is CCCNCc1nc(N(C)C2CCS(=O)(=O)C2)ccc1Cl. The third-order valence-electron chi connectivity index (χ3n) is 3.74. The van der Waals surface area contributed by atoms with E-state index in [9.17, 15) is 8.42 Å². The fourth-order valence-corrected chi connectivity index (χ4v) is 4.39. The van der Waals surface area contributed by atoms with Gasteiger partial charge in [0.1, 0.15) is 5.82 Å². The molecule has 2 heterocycles. The Balaban J connectivity index is 2.10. The van der Waals surface area contributed by atoms with Gasteiger partial charge in [0.05, 0.1) is 22.2 Å². The van der Waals surface area contributed by atoms with Crippen molar-refractivity contribution in [2.75, 3.05) is 30.0 Å². The van der Waals surface area contributed by atoms with Crippen molar-refractivity contribution in [3.63, 3.8) is 0 Å². The summed E-state index contributed by atoms with van der Waals surface area (Å²) < 4.78 is 23.2. The molecule has 1 aromatic heterocycles. The van der Waals surface area contributed by atoms with Crippen molar-refractivity contribution in [2.24, 2.45) is 0 Å². The van der Waals surface area contributed by atoms with Crippen LogP contribution in [0.2, 0.25) is 5.02 Å². The second-order valence-electron chi connectivity index (χ2n) is 5.44. The summed E-state index contributed by atoms with van der Waals surface area (Å²) in [6.45, 7) is 3.64. The topological polar surface area (TPSA) is 62.3 Å². The third kappa shape index (κ3) is 4.31. The summed E-state index contributed by atoms with van der Waals surface area (Å²) in [6.07, 6.45) is 1.71. The predicted octanol–water partition coefficient (Wildman–Crippen LogP) is 1.86. The zero-order valence-electron chi connectivity index (χ0n) is 12.5. The number of anilines is 1. The lowest BCUT2D eigenvalue weighted by molar-refractivity contribution is 0.600. The van der Waals surface area contributed by atoms with Crippen LogP contribution in [0.3, 0.4) is 0 Å². The largest absolute Gasteiger partial charge is 0.356 e. The molecule has 0 radical (unpaired) electrons. The molecule has 0 aromatic carbocycles. The minimum atomic E-state index is -2.89. The summed E-state index contributed by atoms with van der Waals surface area (Å²) >= 11 is 6.17. The van der Waals surface area contributed by atoms with Crippen LogP contribution in [0.5, 0.6) is 0 Å². The van der Waals surface area contributed by atoms with Gasteiger partial charge in [0.15, 0.2) is 9.84 Å². The van der Waals surface area contributed by atoms with Crippen LogP contribution in [0.4, 0.5) is 5.82 Å². The molecule has 5 nitrogen and oxygen atoms in total. The van der Waals surface area contributed by atoms with E-state index in [0.29, 0.717) is 18.0 Å². The molecule has 7 heteroatoms. The van der Waals surface area contributed by atoms with Crippen LogP contribution >= 0.6 is 11.6 Å². The van der Waals surface area contributed by atoms with Gasteiger partial charge in [-0.2, -0.15) is 0 Å². The smallest absolute Gasteiger partial charge is 0.152 e. The lowest BCUT2D eigenvalue weighted by Crippen LogP contribution is -2.33. The molecule has 1 aliphatic rings. The van der Waals surface area contributed by atoms with Crippen molar-refractivity contribution >= 4 is 27.3 Å². The third-order valence-corrected chi connectivity index (χ3v) is 5.84. The van der Waals surface area contributed by atoms with Gasteiger partial charge in [-0.3, -0.25) is 0 Å². The molecule has 0 aliphatic carbocycles. The molecule has 0 spiro atoms. The minimum absolute atomic E-state index is 0.000117. The van der Waals surface area contributed by atoms with Crippen molar-refractivity contribution in [3.05, 3.63) is 22.8 Å². The number of aromatic nitrogens is 1. The van der Waals surface area contributed by atoms with Crippen LogP contribution < -0.4 is 10.2 Å². The van der Waals surface area contributed by atoms with Crippen LogP contribution in [0.15, 0.2) is 12.1 Å². The minimum Gasteiger partial charge on any atom is -0.356 e. The quantitative estimate of drug-likeness (QED) is 0.806. The number of nitrogens with one attached hydrogen (secondary N) is 1. The van der Waals surface area contributed by atoms with Gasteiger partial charge in [-0.15, -0.1) is 0 Å². The highest BCUT2D eigenvalue weighted by Gasteiger charge is 2.31. The van der Waals surface area contributed by atoms with Crippen LogP contribution in [-0.2, 0) is 16.4 Å². The molecule has 118 valence electrons. The van der Waals surface area contributed by atoms with Crippen molar-refractivity contribution in [1.82, 2.24) is 10.3 Å². The zero-order valence-corrected chi connectivity index (χ0v) is 14.0. The first-order valence-corrected chi connectivity index (χ1v) is 9.42. The fraction of sp³-hybridized carbons (Fsp3) is 0.643. The number of sulfone groups is 1. The molecule has 2 rings (SSSR count). The Morgan fingerprint density at radius 3 is 2.86 bits per heavy atom. The highest BCUT2D eigenvalue weighted by Crippen LogP contribution is 2.24. The Morgan fingerprint density at radius 1 is 1.48 bits per heavy atom. The number of rotatable bonds is 6. The molecule has 1 N–H and O–H groups in total. The molecule has 0 bridgehead atoms. The Kier molecular flexibility index (Phi) is 5.46. The summed E-state index contributed by atoms with van der Waals surface area (Å²) in [5.41, 5.74) is 0.801. The fourth-order valence-electron chi connectivity index (χ4n) is 2.44. The number of hydrogen-bond acceptors (Lipinski definition) is 5. The second-order valence-corrected chi connectivity index (χ2v) is 8.08. The van der Waals surface area contributed by atoms with Gasteiger partial charge in [-0.05, 0) is 31.5 Å². The van der Waals surface area contributed by atoms with Gasteiger partial charge < -0.3 is 10.2 Å². The number of nitrogens with zero attached hydrogens (tertiary/aromatic N) is 2. The summed E-state index contributed by atoms with van der Waals surface area (Å²) in [5.74, 6) is 1.24. The van der Waals surface area contributed by atoms with Gasteiger partial charge in [-0.1, -0.05) is 18.5 Å². The zero-order chi connectivity index (χ0) is 15.5. The normalized spacial score (nSPS) is 20.6. The van der Waals surface area contributed by atoms with Crippen molar-refractivity contribution in [1.29, 1.82) is 0 Å². The standard InChI is InChI=1S/C14H22ClN3O2S/c1-3-7-16-9-13-12(15)4-5-14(17-13)18(2)11-6-8-21(19,20)10-11/h4-5,11,16H,3,6-10H2,1-2H3. The average molecular weight is 332 g/mol. The maximum atomic E-state index is 11.6. The Morgan fingerprint density at radius 2 is 2.24 bits per heavy atom. The van der Waals surface area contributed by atoms with E-state index >= 15 is 0 Å². The number of pyridine rings is 1. The maximum absolute atomic E-state index is 11.6. The number of hydrogen-bond donors (Lipinski definition) is 1. The van der Waals surface area contributed by atoms with E-state index in [1.165, 1.54) is 0 Å². The molecule has 1 unspecified atom stereocenters. The molecule has 1 fully saturated rings. The van der Waals surface area contributed by atoms with Gasteiger partial charge in [0.25, 0.3) is 0 Å². The first-order valence-electron chi connectivity index (χ1n) is 7.22. The lowest BCUT2D eigenvalue weighted by atomic mass is 10.2. The van der Waals surface area contributed by atoms with Crippen LogP contribution in [-0.4, -0.2) is 44.5 Å². The highest BCUT2D eigenvalue weighted by atomic mass is 35.5. The van der Waals surface area contributed by atoms with E-state index < -0.39 is 9.84 Å². The van der Waals surface area contributed by atoms with Gasteiger partial charge in [0.2, 0.25) is 0 Å². The lowest BCUT2D eigenvalue weighted by Gasteiger charge is -2.25. The first kappa shape index (κ1) is 16.5. The molecular weight excluding hydrogens is 310 g/mol. The van der Waals surface area contributed by atoms with E-state index in [0.717, 1.165) is 24.5 Å². The van der Waals surface area contributed by atoms with Crippen molar-refractivity contribution in [3.8, 4) is 0 Å². The monoisotopic (exact) mass is 331 g/mol. The van der Waals surface area contributed by atoms with E-state index in [2.05, 4.69) is 17.2 Å². The van der Waals surface area contributed by atoms with Crippen LogP contribution in [0.25, 0.3) is 0 Å². The Hall–Kier alpha value is -0.850. The van der Waals surface area contributed by atoms with Crippen molar-refractivity contribution in [2.45, 2.75) is 32.4 Å². The summed E-state index contributed by atoms with van der Waals surface area (Å²) in [4.78, 5) is 6.52. The second kappa shape index (κ2) is 6.94. The van der Waals surface area contributed by atoms with E-state index in [1.54, 1.807) is 0 Å². The molecule has 1 aromatic rings. The molecule has 21 heavy (non-hydrogen) atoms. The summed E-state index contributed by atoms with van der Waals surface area (Å²) in [6, 6.07) is 3.67. The Bertz CT molecular complexity index is 592. The molecule has 0 amide bonds. The molecule has 0 saturated carbocycles. The summed E-state index contributed by atoms with van der Waals surface area (Å²) in [5, 5.41) is 3.91. The molecule has 1 aliphatic heterocycles. The maximum Gasteiger partial charge on any atom is 0.152 e. The molecular formula is C14H22ClN3O2S. The van der Waals surface area contributed by atoms with Crippen LogP contribution in [0, 0.1) is 0 Å². The number of halogens is 1. The van der Waals surface area contributed by atoms with Crippen molar-refractivity contribution < 1.29 is 8.42 Å². The molecule has 1 atom stereocenters. The van der Waals surface area contributed by atoms with E-state index in [-0.39, 0.29) is 17.5 Å². The summed E-state index contributed by atoms with van der Waals surface area (Å²) in [7, 11) is -0.998. The van der Waals surface area contributed by atoms with Gasteiger partial charge in [-0.25, -0.2) is 13.4 Å². The van der Waals surface area contributed by atoms with Gasteiger partial charge in [0, 0.05) is 19.6 Å². The molecule has 1 saturated heterocycles.